The van der Waals surface area contributed by atoms with Gasteiger partial charge in [-0.1, -0.05) is 29.3 Å². The van der Waals surface area contributed by atoms with Crippen LogP contribution in [0.4, 0.5) is 14.5 Å². The van der Waals surface area contributed by atoms with E-state index in [9.17, 15) is 13.6 Å². The highest BCUT2D eigenvalue weighted by Crippen LogP contribution is 2.29. The van der Waals surface area contributed by atoms with Crippen LogP contribution in [0.3, 0.4) is 0 Å². The molecule has 0 unspecified atom stereocenters. The number of anilines is 1. The monoisotopic (exact) mass is 325 g/mol. The van der Waals surface area contributed by atoms with E-state index in [2.05, 4.69) is 10.1 Å². The van der Waals surface area contributed by atoms with Crippen molar-refractivity contribution >= 4 is 23.2 Å². The molecule has 0 spiro atoms. The summed E-state index contributed by atoms with van der Waals surface area (Å²) in [5, 5.41) is 2.67. The quantitative estimate of drug-likeness (QED) is 0.876. The van der Waals surface area contributed by atoms with Gasteiger partial charge in [0.25, 0.3) is 5.91 Å². The lowest BCUT2D eigenvalue weighted by atomic mass is 10.1. The van der Waals surface area contributed by atoms with Gasteiger partial charge in [0, 0.05) is 11.3 Å². The summed E-state index contributed by atoms with van der Waals surface area (Å²) in [4.78, 5) is 12.2. The molecule has 0 aromatic heterocycles. The molecule has 0 bridgehead atoms. The molecular weight excluding hydrogens is 312 g/mol. The number of nitrogens with one attached hydrogen (secondary N) is 1. The van der Waals surface area contributed by atoms with Gasteiger partial charge in [-0.3, -0.25) is 4.79 Å². The van der Waals surface area contributed by atoms with Gasteiger partial charge in [0.2, 0.25) is 0 Å². The summed E-state index contributed by atoms with van der Waals surface area (Å²) in [7, 11) is 0. The van der Waals surface area contributed by atoms with Crippen LogP contribution in [0.15, 0.2) is 36.4 Å². The second kappa shape index (κ2) is 6.75. The van der Waals surface area contributed by atoms with Gasteiger partial charge < -0.3 is 10.1 Å². The van der Waals surface area contributed by atoms with Gasteiger partial charge in [0.15, 0.2) is 0 Å². The van der Waals surface area contributed by atoms with Crippen LogP contribution < -0.4 is 10.1 Å². The van der Waals surface area contributed by atoms with Crippen molar-refractivity contribution in [2.75, 3.05) is 5.32 Å². The van der Waals surface area contributed by atoms with E-state index in [0.29, 0.717) is 11.3 Å². The average molecular weight is 326 g/mol. The Balaban J connectivity index is 2.16. The molecule has 0 saturated heterocycles. The first-order valence-corrected chi connectivity index (χ1v) is 6.87. The summed E-state index contributed by atoms with van der Waals surface area (Å²) >= 11 is 5.85. The highest BCUT2D eigenvalue weighted by atomic mass is 35.5. The molecule has 1 N–H and O–H groups in total. The van der Waals surface area contributed by atoms with E-state index < -0.39 is 6.61 Å². The van der Waals surface area contributed by atoms with Crippen LogP contribution in [0.1, 0.15) is 21.5 Å². The van der Waals surface area contributed by atoms with Gasteiger partial charge in [-0.2, -0.15) is 8.78 Å². The zero-order chi connectivity index (χ0) is 16.3. The largest absolute Gasteiger partial charge is 0.433 e. The first-order chi connectivity index (χ1) is 10.4. The molecule has 0 radical (unpaired) electrons. The number of hydrogen-bond acceptors (Lipinski definition) is 2. The summed E-state index contributed by atoms with van der Waals surface area (Å²) in [5.74, 6) is -0.433. The van der Waals surface area contributed by atoms with E-state index in [0.717, 1.165) is 11.1 Å². The summed E-state index contributed by atoms with van der Waals surface area (Å²) in [6, 6.07) is 9.57. The standard InChI is InChI=1S/C16H14ClF2NO2/c1-9-3-5-12(10(2)7-9)15(21)20-11-4-6-14(13(17)8-11)22-16(18)19/h3-8,16H,1-2H3,(H,20,21). The molecule has 0 heterocycles. The second-order valence-corrected chi connectivity index (χ2v) is 5.20. The van der Waals surface area contributed by atoms with E-state index in [1.807, 2.05) is 26.0 Å². The Morgan fingerprint density at radius 1 is 1.18 bits per heavy atom. The van der Waals surface area contributed by atoms with Crippen LogP contribution in [0.5, 0.6) is 5.75 Å². The van der Waals surface area contributed by atoms with Crippen LogP contribution in [-0.4, -0.2) is 12.5 Å². The summed E-state index contributed by atoms with van der Waals surface area (Å²) in [6.07, 6.45) is 0. The Hall–Kier alpha value is -2.14. The van der Waals surface area contributed by atoms with Crippen molar-refractivity contribution < 1.29 is 18.3 Å². The maximum Gasteiger partial charge on any atom is 0.387 e. The van der Waals surface area contributed by atoms with Crippen LogP contribution >= 0.6 is 11.6 Å². The zero-order valence-corrected chi connectivity index (χ0v) is 12.7. The third-order valence-electron chi connectivity index (χ3n) is 3.03. The van der Waals surface area contributed by atoms with Gasteiger partial charge in [0.05, 0.1) is 5.02 Å². The first-order valence-electron chi connectivity index (χ1n) is 6.50. The fourth-order valence-electron chi connectivity index (χ4n) is 2.04. The van der Waals surface area contributed by atoms with Crippen LogP contribution in [0.2, 0.25) is 5.02 Å². The smallest absolute Gasteiger partial charge is 0.387 e. The number of benzene rings is 2. The van der Waals surface area contributed by atoms with E-state index in [4.69, 9.17) is 11.6 Å². The number of alkyl halides is 2. The van der Waals surface area contributed by atoms with Gasteiger partial charge in [-0.05, 0) is 43.7 Å². The van der Waals surface area contributed by atoms with Crippen molar-refractivity contribution in [2.24, 2.45) is 0 Å². The molecule has 22 heavy (non-hydrogen) atoms. The van der Waals surface area contributed by atoms with Gasteiger partial charge in [-0.25, -0.2) is 0 Å². The summed E-state index contributed by atoms with van der Waals surface area (Å²) < 4.78 is 28.6. The predicted molar refractivity (Wildman–Crippen MR) is 82.0 cm³/mol. The summed E-state index contributed by atoms with van der Waals surface area (Å²) in [6.45, 7) is 0.832. The molecule has 2 aromatic carbocycles. The van der Waals surface area contributed by atoms with Crippen molar-refractivity contribution in [1.29, 1.82) is 0 Å². The first kappa shape index (κ1) is 16.2. The minimum Gasteiger partial charge on any atom is -0.433 e. The number of carbonyl (C=O) groups excluding carboxylic acids is 1. The molecule has 2 aromatic rings. The predicted octanol–water partition coefficient (Wildman–Crippen LogP) is 4.81. The van der Waals surface area contributed by atoms with Gasteiger partial charge >= 0.3 is 6.61 Å². The molecule has 0 aliphatic carbocycles. The highest BCUT2D eigenvalue weighted by molar-refractivity contribution is 6.32. The molecule has 1 amide bonds. The number of aryl methyl sites for hydroxylation is 2. The molecule has 116 valence electrons. The lowest BCUT2D eigenvalue weighted by Gasteiger charge is -2.11. The molecule has 6 heteroatoms. The van der Waals surface area contributed by atoms with E-state index >= 15 is 0 Å². The fourth-order valence-corrected chi connectivity index (χ4v) is 2.26. The molecule has 0 aliphatic rings. The zero-order valence-electron chi connectivity index (χ0n) is 12.0. The van der Waals surface area contributed by atoms with Crippen LogP contribution in [-0.2, 0) is 0 Å². The van der Waals surface area contributed by atoms with Gasteiger partial charge in [-0.15, -0.1) is 0 Å². The maximum absolute atomic E-state index is 12.2. The number of ether oxygens (including phenoxy) is 1. The Morgan fingerprint density at radius 2 is 1.91 bits per heavy atom. The van der Waals surface area contributed by atoms with Crippen LogP contribution in [0, 0.1) is 13.8 Å². The minimum atomic E-state index is -2.95. The third-order valence-corrected chi connectivity index (χ3v) is 3.33. The van der Waals surface area contributed by atoms with Crippen molar-refractivity contribution in [3.63, 3.8) is 0 Å². The normalized spacial score (nSPS) is 10.6. The van der Waals surface area contributed by atoms with Gasteiger partial charge in [0.1, 0.15) is 5.75 Å². The average Bonchev–Trinajstić information content (AvgIpc) is 2.41. The Kier molecular flexibility index (Phi) is 4.98. The van der Waals surface area contributed by atoms with Crippen molar-refractivity contribution in [2.45, 2.75) is 20.5 Å². The lowest BCUT2D eigenvalue weighted by Crippen LogP contribution is -2.13. The molecule has 0 fully saturated rings. The highest BCUT2D eigenvalue weighted by Gasteiger charge is 2.12. The minimum absolute atomic E-state index is 0.00118. The number of carbonyl (C=O) groups is 1. The molecule has 0 aliphatic heterocycles. The number of amides is 1. The topological polar surface area (TPSA) is 38.3 Å². The number of halogens is 3. The molecule has 0 atom stereocenters. The lowest BCUT2D eigenvalue weighted by molar-refractivity contribution is -0.0497. The SMILES string of the molecule is Cc1ccc(C(=O)Nc2ccc(OC(F)F)c(Cl)c2)c(C)c1. The summed E-state index contributed by atoms with van der Waals surface area (Å²) in [5.41, 5.74) is 2.85. The fraction of sp³-hybridized carbons (Fsp3) is 0.188. The van der Waals surface area contributed by atoms with E-state index in [-0.39, 0.29) is 16.7 Å². The number of rotatable bonds is 4. The second-order valence-electron chi connectivity index (χ2n) is 4.80. The van der Waals surface area contributed by atoms with Crippen molar-refractivity contribution in [3.05, 3.63) is 58.1 Å². The van der Waals surface area contributed by atoms with Crippen molar-refractivity contribution in [3.8, 4) is 5.75 Å². The Labute approximate surface area is 131 Å². The Bertz CT molecular complexity index is 705. The molecular formula is C16H14ClF2NO2. The number of hydrogen-bond donors (Lipinski definition) is 1. The molecule has 0 saturated carbocycles. The maximum atomic E-state index is 12.2. The molecule has 3 nitrogen and oxygen atoms in total. The van der Waals surface area contributed by atoms with Crippen LogP contribution in [0.25, 0.3) is 0 Å². The Morgan fingerprint density at radius 3 is 2.50 bits per heavy atom. The van der Waals surface area contributed by atoms with E-state index in [1.165, 1.54) is 18.2 Å². The van der Waals surface area contributed by atoms with E-state index in [1.54, 1.807) is 6.07 Å². The molecule has 2 rings (SSSR count). The van der Waals surface area contributed by atoms with Crippen molar-refractivity contribution in [1.82, 2.24) is 0 Å². The third kappa shape index (κ3) is 3.95.